The number of nitrogens with two attached hydrogens (primary N) is 1. The summed E-state index contributed by atoms with van der Waals surface area (Å²) in [7, 11) is 0. The molecule has 0 radical (unpaired) electrons. The monoisotopic (exact) mass is 427 g/mol. The molecule has 0 amide bonds. The molecular weight excluding hydrogens is 402 g/mol. The molecule has 3 atom stereocenters. The summed E-state index contributed by atoms with van der Waals surface area (Å²) in [6.45, 7) is 6.05. The highest BCUT2D eigenvalue weighted by atomic mass is 79.9. The maximum atomic E-state index is 9.51. The van der Waals surface area contributed by atoms with Crippen molar-refractivity contribution < 1.29 is 4.74 Å². The van der Waals surface area contributed by atoms with Crippen LogP contribution >= 0.6 is 15.9 Å². The Morgan fingerprint density at radius 2 is 2.07 bits per heavy atom. The van der Waals surface area contributed by atoms with Crippen molar-refractivity contribution in [2.75, 3.05) is 13.1 Å². The molecule has 2 N–H and O–H groups in total. The second kappa shape index (κ2) is 8.88. The number of rotatable bonds is 7. The summed E-state index contributed by atoms with van der Waals surface area (Å²) in [5, 5.41) is 9.51. The highest BCUT2D eigenvalue weighted by Gasteiger charge is 2.38. The average Bonchev–Trinajstić information content (AvgIpc) is 3.05. The van der Waals surface area contributed by atoms with Crippen molar-refractivity contribution in [2.45, 2.75) is 44.9 Å². The van der Waals surface area contributed by atoms with E-state index < -0.39 is 0 Å². The molecule has 3 rings (SSSR count). The third kappa shape index (κ3) is 4.35. The lowest BCUT2D eigenvalue weighted by atomic mass is 10.1. The zero-order valence-electron chi connectivity index (χ0n) is 15.9. The van der Waals surface area contributed by atoms with E-state index in [0.717, 1.165) is 30.4 Å². The Labute approximate surface area is 170 Å². The van der Waals surface area contributed by atoms with Crippen LogP contribution in [0.3, 0.4) is 0 Å². The first kappa shape index (κ1) is 19.9. The number of hydrogen-bond acceptors (Lipinski definition) is 4. The molecule has 142 valence electrons. The van der Waals surface area contributed by atoms with E-state index in [2.05, 4.69) is 65.0 Å². The van der Waals surface area contributed by atoms with Crippen LogP contribution in [0.1, 0.15) is 43.1 Å². The number of hydrogen-bond donors (Lipinski definition) is 1. The Bertz CT molecular complexity index is 833. The molecule has 0 spiro atoms. The van der Waals surface area contributed by atoms with Gasteiger partial charge in [0.05, 0.1) is 11.6 Å². The Morgan fingerprint density at radius 1 is 1.30 bits per heavy atom. The molecule has 27 heavy (non-hydrogen) atoms. The van der Waals surface area contributed by atoms with E-state index in [0.29, 0.717) is 11.3 Å². The molecule has 0 fully saturated rings. The fourth-order valence-corrected chi connectivity index (χ4v) is 4.12. The molecule has 0 saturated heterocycles. The van der Waals surface area contributed by atoms with Crippen LogP contribution in [0, 0.1) is 11.3 Å². The van der Waals surface area contributed by atoms with Crippen LogP contribution in [0.5, 0.6) is 5.75 Å². The molecule has 2 aromatic carbocycles. The molecule has 1 aliphatic carbocycles. The van der Waals surface area contributed by atoms with Crippen LogP contribution < -0.4 is 10.5 Å². The van der Waals surface area contributed by atoms with Crippen molar-refractivity contribution >= 4 is 15.9 Å². The van der Waals surface area contributed by atoms with Gasteiger partial charge in [0.15, 0.2) is 0 Å². The Hall–Kier alpha value is -1.87. The van der Waals surface area contributed by atoms with Gasteiger partial charge in [-0.1, -0.05) is 54.0 Å². The molecule has 0 aliphatic heterocycles. The SMILES string of the molecule is CC[C@@H](N)CN(CC)[C@@H]1Cc2ccccc2[C@H]1Oc1ccc(Br)cc1C#N. The Balaban J connectivity index is 1.94. The van der Waals surface area contributed by atoms with Gasteiger partial charge < -0.3 is 10.5 Å². The summed E-state index contributed by atoms with van der Waals surface area (Å²) in [4.78, 5) is 2.42. The van der Waals surface area contributed by atoms with Crippen LogP contribution in [0.25, 0.3) is 0 Å². The molecule has 0 unspecified atom stereocenters. The van der Waals surface area contributed by atoms with Crippen LogP contribution in [0.2, 0.25) is 0 Å². The van der Waals surface area contributed by atoms with E-state index in [1.54, 1.807) is 6.07 Å². The molecule has 0 saturated carbocycles. The lowest BCUT2D eigenvalue weighted by Gasteiger charge is -2.34. The van der Waals surface area contributed by atoms with Crippen molar-refractivity contribution in [1.29, 1.82) is 5.26 Å². The smallest absolute Gasteiger partial charge is 0.140 e. The average molecular weight is 428 g/mol. The largest absolute Gasteiger partial charge is 0.483 e. The van der Waals surface area contributed by atoms with Gasteiger partial charge in [0.1, 0.15) is 17.9 Å². The quantitative estimate of drug-likeness (QED) is 0.709. The van der Waals surface area contributed by atoms with Crippen molar-refractivity contribution in [2.24, 2.45) is 5.73 Å². The third-order valence-corrected chi connectivity index (χ3v) is 5.82. The zero-order chi connectivity index (χ0) is 19.4. The predicted octanol–water partition coefficient (Wildman–Crippen LogP) is 4.42. The number of nitriles is 1. The molecular formula is C22H26BrN3O. The van der Waals surface area contributed by atoms with Crippen LogP contribution in [-0.2, 0) is 6.42 Å². The number of benzene rings is 2. The normalized spacial score (nSPS) is 19.6. The standard InChI is InChI=1S/C22H26BrN3O/c1-3-18(25)14-26(4-2)20-12-15-7-5-6-8-19(15)22(20)27-21-10-9-17(23)11-16(21)13-24/h5-11,18,20,22H,3-4,12,14,25H2,1-2H3/t18-,20-,22-/m1/s1. The van der Waals surface area contributed by atoms with Gasteiger partial charge in [-0.15, -0.1) is 0 Å². The number of likely N-dealkylation sites (N-methyl/N-ethyl adjacent to an activating group) is 1. The van der Waals surface area contributed by atoms with Gasteiger partial charge in [0.2, 0.25) is 0 Å². The summed E-state index contributed by atoms with van der Waals surface area (Å²) < 4.78 is 7.34. The summed E-state index contributed by atoms with van der Waals surface area (Å²) in [6.07, 6.45) is 1.77. The topological polar surface area (TPSA) is 62.3 Å². The lowest BCUT2D eigenvalue weighted by molar-refractivity contribution is 0.0766. The zero-order valence-corrected chi connectivity index (χ0v) is 17.4. The highest BCUT2D eigenvalue weighted by Crippen LogP contribution is 2.39. The van der Waals surface area contributed by atoms with Gasteiger partial charge in [-0.25, -0.2) is 0 Å². The lowest BCUT2D eigenvalue weighted by Crippen LogP contribution is -2.46. The van der Waals surface area contributed by atoms with Crippen LogP contribution in [-0.4, -0.2) is 30.1 Å². The fourth-order valence-electron chi connectivity index (χ4n) is 3.76. The third-order valence-electron chi connectivity index (χ3n) is 5.32. The van der Waals surface area contributed by atoms with E-state index >= 15 is 0 Å². The van der Waals surface area contributed by atoms with Crippen molar-refractivity contribution in [3.63, 3.8) is 0 Å². The van der Waals surface area contributed by atoms with Crippen molar-refractivity contribution in [3.8, 4) is 11.8 Å². The van der Waals surface area contributed by atoms with Gasteiger partial charge in [0, 0.05) is 17.1 Å². The summed E-state index contributed by atoms with van der Waals surface area (Å²) in [6, 6.07) is 16.6. The van der Waals surface area contributed by atoms with Crippen LogP contribution in [0.15, 0.2) is 46.9 Å². The Morgan fingerprint density at radius 3 is 2.78 bits per heavy atom. The highest BCUT2D eigenvalue weighted by molar-refractivity contribution is 9.10. The second-order valence-electron chi connectivity index (χ2n) is 7.02. The van der Waals surface area contributed by atoms with Gasteiger partial charge in [-0.05, 0) is 48.7 Å². The van der Waals surface area contributed by atoms with E-state index in [9.17, 15) is 5.26 Å². The summed E-state index contributed by atoms with van der Waals surface area (Å²) in [5.41, 5.74) is 9.31. The second-order valence-corrected chi connectivity index (χ2v) is 7.93. The maximum absolute atomic E-state index is 9.51. The van der Waals surface area contributed by atoms with Gasteiger partial charge in [-0.3, -0.25) is 4.90 Å². The molecule has 1 aliphatic rings. The maximum Gasteiger partial charge on any atom is 0.140 e. The first-order valence-electron chi connectivity index (χ1n) is 9.51. The van der Waals surface area contributed by atoms with Gasteiger partial charge >= 0.3 is 0 Å². The van der Waals surface area contributed by atoms with Gasteiger partial charge in [-0.2, -0.15) is 5.26 Å². The minimum atomic E-state index is -0.113. The summed E-state index contributed by atoms with van der Waals surface area (Å²) >= 11 is 3.43. The molecule has 2 aromatic rings. The molecule has 0 bridgehead atoms. The number of nitrogens with zero attached hydrogens (tertiary/aromatic N) is 2. The number of halogens is 1. The van der Waals surface area contributed by atoms with Crippen LogP contribution in [0.4, 0.5) is 0 Å². The van der Waals surface area contributed by atoms with E-state index in [4.69, 9.17) is 10.5 Å². The molecule has 5 heteroatoms. The molecule has 0 aromatic heterocycles. The van der Waals surface area contributed by atoms with E-state index in [1.165, 1.54) is 11.1 Å². The van der Waals surface area contributed by atoms with Gasteiger partial charge in [0.25, 0.3) is 0 Å². The summed E-state index contributed by atoms with van der Waals surface area (Å²) in [5.74, 6) is 0.628. The first-order chi connectivity index (χ1) is 13.1. The first-order valence-corrected chi connectivity index (χ1v) is 10.3. The molecule has 4 nitrogen and oxygen atoms in total. The predicted molar refractivity (Wildman–Crippen MR) is 112 cm³/mol. The Kier molecular flexibility index (Phi) is 6.54. The minimum Gasteiger partial charge on any atom is -0.483 e. The molecule has 0 heterocycles. The number of fused-ring (bicyclic) bond motifs is 1. The fraction of sp³-hybridized carbons (Fsp3) is 0.409. The van der Waals surface area contributed by atoms with E-state index in [1.807, 2.05) is 12.1 Å². The van der Waals surface area contributed by atoms with Crippen molar-refractivity contribution in [3.05, 3.63) is 63.6 Å². The van der Waals surface area contributed by atoms with E-state index in [-0.39, 0.29) is 18.2 Å². The van der Waals surface area contributed by atoms with Crippen molar-refractivity contribution in [1.82, 2.24) is 4.90 Å². The minimum absolute atomic E-state index is 0.113. The number of ether oxygens (including phenoxy) is 1.